The number of likely N-dealkylation sites (tertiary alicyclic amines) is 1. The van der Waals surface area contributed by atoms with Crippen LogP contribution in [-0.2, 0) is 19.3 Å². The quantitative estimate of drug-likeness (QED) is 0.582. The monoisotopic (exact) mass is 483 g/mol. The summed E-state index contributed by atoms with van der Waals surface area (Å²) in [5.74, 6) is -0.511. The largest absolute Gasteiger partial charge is 0.444 e. The lowest BCUT2D eigenvalue weighted by Crippen LogP contribution is -2.42. The summed E-state index contributed by atoms with van der Waals surface area (Å²) in [4.78, 5) is 14.0. The predicted molar refractivity (Wildman–Crippen MR) is 112 cm³/mol. The van der Waals surface area contributed by atoms with Gasteiger partial charge in [0.25, 0.3) is 0 Å². The third kappa shape index (κ3) is 4.33. The zero-order valence-corrected chi connectivity index (χ0v) is 18.9. The molecule has 1 aliphatic heterocycles. The maximum atomic E-state index is 13.7. The first-order chi connectivity index (χ1) is 13.4. The number of carbonyl (C=O) groups is 1. The number of hydrogen-bond acceptors (Lipinski definition) is 4. The van der Waals surface area contributed by atoms with E-state index < -0.39 is 32.1 Å². The standard InChI is InChI=1S/C21H23BrFNO4S/c1-20(2,3)28-19(25)24-13-12-21(14-24,15-4-6-16(22)7-5-15)29(26,27)18-10-8-17(23)9-11-18/h4-11H,12-14H2,1-3H3/t21-/m1/s1. The van der Waals surface area contributed by atoms with Crippen LogP contribution in [0.15, 0.2) is 57.9 Å². The van der Waals surface area contributed by atoms with Gasteiger partial charge in [-0.05, 0) is 69.2 Å². The first-order valence-electron chi connectivity index (χ1n) is 9.19. The lowest BCUT2D eigenvalue weighted by Gasteiger charge is -2.30. The Morgan fingerprint density at radius 2 is 1.69 bits per heavy atom. The average molecular weight is 484 g/mol. The van der Waals surface area contributed by atoms with Crippen molar-refractivity contribution in [3.8, 4) is 0 Å². The van der Waals surface area contributed by atoms with Crippen molar-refractivity contribution in [1.82, 2.24) is 4.90 Å². The molecule has 0 radical (unpaired) electrons. The van der Waals surface area contributed by atoms with E-state index in [0.29, 0.717) is 5.56 Å². The van der Waals surface area contributed by atoms with E-state index in [0.717, 1.165) is 16.6 Å². The van der Waals surface area contributed by atoms with E-state index in [-0.39, 0.29) is 24.4 Å². The highest BCUT2D eigenvalue weighted by atomic mass is 79.9. The van der Waals surface area contributed by atoms with E-state index in [1.807, 2.05) is 0 Å². The van der Waals surface area contributed by atoms with Gasteiger partial charge in [0.1, 0.15) is 16.2 Å². The maximum absolute atomic E-state index is 13.7. The summed E-state index contributed by atoms with van der Waals surface area (Å²) in [5, 5.41) is 0. The molecule has 1 saturated heterocycles. The number of hydrogen-bond donors (Lipinski definition) is 0. The van der Waals surface area contributed by atoms with Gasteiger partial charge in [0.2, 0.25) is 0 Å². The van der Waals surface area contributed by atoms with Crippen LogP contribution < -0.4 is 0 Å². The molecule has 5 nitrogen and oxygen atoms in total. The van der Waals surface area contributed by atoms with Crippen molar-refractivity contribution < 1.29 is 22.3 Å². The molecule has 156 valence electrons. The van der Waals surface area contributed by atoms with Crippen LogP contribution in [0.2, 0.25) is 0 Å². The second kappa shape index (κ2) is 7.72. The number of benzene rings is 2. The summed E-state index contributed by atoms with van der Waals surface area (Å²) in [6.07, 6.45) is -0.334. The van der Waals surface area contributed by atoms with Crippen LogP contribution in [0.25, 0.3) is 0 Å². The number of carbonyl (C=O) groups excluding carboxylic acids is 1. The van der Waals surface area contributed by atoms with Crippen molar-refractivity contribution in [2.24, 2.45) is 0 Å². The van der Waals surface area contributed by atoms with Crippen molar-refractivity contribution in [3.63, 3.8) is 0 Å². The van der Waals surface area contributed by atoms with Crippen molar-refractivity contribution in [3.05, 3.63) is 64.4 Å². The van der Waals surface area contributed by atoms with Gasteiger partial charge >= 0.3 is 6.09 Å². The third-order valence-electron chi connectivity index (χ3n) is 4.89. The lowest BCUT2D eigenvalue weighted by atomic mass is 9.97. The van der Waals surface area contributed by atoms with Crippen molar-refractivity contribution in [1.29, 1.82) is 0 Å². The second-order valence-corrected chi connectivity index (χ2v) is 11.3. The second-order valence-electron chi connectivity index (χ2n) is 8.11. The Hall–Kier alpha value is -1.93. The first kappa shape index (κ1) is 21.8. The average Bonchev–Trinajstić information content (AvgIpc) is 3.09. The van der Waals surface area contributed by atoms with Crippen LogP contribution >= 0.6 is 15.9 Å². The van der Waals surface area contributed by atoms with E-state index in [1.54, 1.807) is 45.0 Å². The minimum Gasteiger partial charge on any atom is -0.444 e. The molecule has 0 unspecified atom stereocenters. The highest BCUT2D eigenvalue weighted by Gasteiger charge is 2.52. The SMILES string of the molecule is CC(C)(C)OC(=O)N1CC[C@@](c2ccc(Br)cc2)(S(=O)(=O)c2ccc(F)cc2)C1. The van der Waals surface area contributed by atoms with E-state index in [2.05, 4.69) is 15.9 Å². The van der Waals surface area contributed by atoms with Gasteiger partial charge in [-0.25, -0.2) is 17.6 Å². The number of nitrogens with zero attached hydrogens (tertiary/aromatic N) is 1. The molecule has 2 aromatic rings. The Labute approximate surface area is 178 Å². The summed E-state index contributed by atoms with van der Waals surface area (Å²) < 4.78 is 45.7. The van der Waals surface area contributed by atoms with Gasteiger partial charge in [0.15, 0.2) is 9.84 Å². The molecule has 1 fully saturated rings. The molecule has 1 atom stereocenters. The molecule has 0 saturated carbocycles. The fourth-order valence-corrected chi connectivity index (χ4v) is 5.81. The Morgan fingerprint density at radius 1 is 1.10 bits per heavy atom. The van der Waals surface area contributed by atoms with E-state index in [9.17, 15) is 17.6 Å². The van der Waals surface area contributed by atoms with Crippen molar-refractivity contribution >= 4 is 31.9 Å². The molecular weight excluding hydrogens is 461 g/mol. The number of halogens is 2. The molecule has 0 spiro atoms. The number of sulfone groups is 1. The third-order valence-corrected chi connectivity index (χ3v) is 7.91. The summed E-state index contributed by atoms with van der Waals surface area (Å²) in [6, 6.07) is 11.8. The molecule has 0 bridgehead atoms. The molecule has 29 heavy (non-hydrogen) atoms. The molecule has 8 heteroatoms. The number of ether oxygens (including phenoxy) is 1. The maximum Gasteiger partial charge on any atom is 0.410 e. The van der Waals surface area contributed by atoms with Crippen LogP contribution in [0.3, 0.4) is 0 Å². The summed E-state index contributed by atoms with van der Waals surface area (Å²) in [6.45, 7) is 5.49. The minimum absolute atomic E-state index is 0.0212. The minimum atomic E-state index is -3.92. The van der Waals surface area contributed by atoms with E-state index in [1.165, 1.54) is 17.0 Å². The molecule has 1 aliphatic rings. The van der Waals surface area contributed by atoms with Gasteiger partial charge in [-0.2, -0.15) is 0 Å². The number of amides is 1. The molecule has 1 heterocycles. The van der Waals surface area contributed by atoms with Crippen LogP contribution in [-0.4, -0.2) is 38.1 Å². The predicted octanol–water partition coefficient (Wildman–Crippen LogP) is 4.90. The Kier molecular flexibility index (Phi) is 5.80. The van der Waals surface area contributed by atoms with Gasteiger partial charge in [0, 0.05) is 17.6 Å². The van der Waals surface area contributed by atoms with E-state index >= 15 is 0 Å². The summed E-state index contributed by atoms with van der Waals surface area (Å²) >= 11 is 3.37. The molecule has 2 aromatic carbocycles. The first-order valence-corrected chi connectivity index (χ1v) is 11.5. The fourth-order valence-electron chi connectivity index (χ4n) is 3.47. The summed E-state index contributed by atoms with van der Waals surface area (Å²) in [7, 11) is -3.92. The zero-order valence-electron chi connectivity index (χ0n) is 16.5. The molecule has 0 aromatic heterocycles. The van der Waals surface area contributed by atoms with E-state index in [4.69, 9.17) is 4.74 Å². The van der Waals surface area contributed by atoms with Gasteiger partial charge in [-0.1, -0.05) is 28.1 Å². The fraction of sp³-hybridized carbons (Fsp3) is 0.381. The topological polar surface area (TPSA) is 63.7 Å². The smallest absolute Gasteiger partial charge is 0.410 e. The molecule has 1 amide bonds. The van der Waals surface area contributed by atoms with Crippen LogP contribution in [0.1, 0.15) is 32.8 Å². The molecular formula is C21H23BrFNO4S. The zero-order chi connectivity index (χ0) is 21.4. The Balaban J connectivity index is 2.06. The van der Waals surface area contributed by atoms with Gasteiger partial charge in [-0.3, -0.25) is 0 Å². The van der Waals surface area contributed by atoms with Gasteiger partial charge < -0.3 is 9.64 Å². The van der Waals surface area contributed by atoms with Crippen LogP contribution in [0.4, 0.5) is 9.18 Å². The Bertz CT molecular complexity index is 1000. The van der Waals surface area contributed by atoms with Gasteiger partial charge in [-0.15, -0.1) is 0 Å². The van der Waals surface area contributed by atoms with Crippen LogP contribution in [0.5, 0.6) is 0 Å². The summed E-state index contributed by atoms with van der Waals surface area (Å²) in [5.41, 5.74) is -0.105. The van der Waals surface area contributed by atoms with Crippen molar-refractivity contribution in [2.75, 3.05) is 13.1 Å². The van der Waals surface area contributed by atoms with Crippen LogP contribution in [0, 0.1) is 5.82 Å². The highest BCUT2D eigenvalue weighted by Crippen LogP contribution is 2.44. The van der Waals surface area contributed by atoms with Gasteiger partial charge in [0.05, 0.1) is 4.90 Å². The number of rotatable bonds is 3. The Morgan fingerprint density at radius 3 is 2.24 bits per heavy atom. The molecule has 0 aliphatic carbocycles. The lowest BCUT2D eigenvalue weighted by molar-refractivity contribution is 0.0290. The highest BCUT2D eigenvalue weighted by molar-refractivity contribution is 9.10. The van der Waals surface area contributed by atoms with Crippen molar-refractivity contribution in [2.45, 2.75) is 42.4 Å². The normalized spacial score (nSPS) is 20.0. The molecule has 0 N–H and O–H groups in total. The molecule has 3 rings (SSSR count).